The van der Waals surface area contributed by atoms with Gasteiger partial charge in [0.2, 0.25) is 0 Å². The predicted octanol–water partition coefficient (Wildman–Crippen LogP) is 0.839. The number of aromatic nitrogens is 2. The smallest absolute Gasteiger partial charge is 0.252 e. The highest BCUT2D eigenvalue weighted by molar-refractivity contribution is 5.98. The van der Waals surface area contributed by atoms with Crippen molar-refractivity contribution in [3.8, 4) is 0 Å². The van der Waals surface area contributed by atoms with E-state index in [0.717, 1.165) is 5.69 Å². The summed E-state index contributed by atoms with van der Waals surface area (Å²) < 4.78 is 0. The maximum Gasteiger partial charge on any atom is 0.252 e. The predicted molar refractivity (Wildman–Crippen MR) is 79.8 cm³/mol. The number of carbonyl (C=O) groups excluding carboxylic acids is 1. The molecule has 0 aromatic carbocycles. The average Bonchev–Trinajstić information content (AvgIpc) is 2.52. The summed E-state index contributed by atoms with van der Waals surface area (Å²) in [7, 11) is 0. The lowest BCUT2D eigenvalue weighted by atomic mass is 10.0. The number of rotatable bonds is 7. The number of primary amides is 1. The molecule has 21 heavy (non-hydrogen) atoms. The molecule has 0 aliphatic heterocycles. The third-order valence-corrected chi connectivity index (χ3v) is 3.15. The lowest BCUT2D eigenvalue weighted by Crippen LogP contribution is -2.22. The zero-order valence-electron chi connectivity index (χ0n) is 11.6. The van der Waals surface area contributed by atoms with Crippen LogP contribution in [0.2, 0.25) is 0 Å². The van der Waals surface area contributed by atoms with Crippen LogP contribution in [0.15, 0.2) is 42.9 Å². The van der Waals surface area contributed by atoms with Crippen LogP contribution >= 0.6 is 0 Å². The summed E-state index contributed by atoms with van der Waals surface area (Å²) in [5.41, 5.74) is 7.18. The minimum Gasteiger partial charge on any atom is -0.396 e. The molecule has 0 radical (unpaired) electrons. The van der Waals surface area contributed by atoms with Crippen molar-refractivity contribution in [3.05, 3.63) is 54.1 Å². The zero-order chi connectivity index (χ0) is 15.1. The van der Waals surface area contributed by atoms with E-state index >= 15 is 0 Å². The molecule has 0 bridgehead atoms. The summed E-state index contributed by atoms with van der Waals surface area (Å²) in [4.78, 5) is 19.4. The number of amides is 1. The van der Waals surface area contributed by atoms with Crippen molar-refractivity contribution in [2.75, 3.05) is 18.5 Å². The van der Waals surface area contributed by atoms with Gasteiger partial charge in [0.25, 0.3) is 5.91 Å². The van der Waals surface area contributed by atoms with Crippen LogP contribution in [0.3, 0.4) is 0 Å². The zero-order valence-corrected chi connectivity index (χ0v) is 11.6. The molecule has 6 nitrogen and oxygen atoms in total. The van der Waals surface area contributed by atoms with Gasteiger partial charge in [0, 0.05) is 43.4 Å². The second-order valence-electron chi connectivity index (χ2n) is 4.74. The van der Waals surface area contributed by atoms with Crippen LogP contribution in [-0.2, 0) is 6.42 Å². The molecule has 1 atom stereocenters. The van der Waals surface area contributed by atoms with Crippen LogP contribution in [0.5, 0.6) is 0 Å². The van der Waals surface area contributed by atoms with Crippen LogP contribution in [0, 0.1) is 5.92 Å². The Morgan fingerprint density at radius 3 is 2.86 bits per heavy atom. The number of hydrogen-bond acceptors (Lipinski definition) is 5. The molecule has 1 unspecified atom stereocenters. The van der Waals surface area contributed by atoms with E-state index in [1.54, 1.807) is 18.5 Å². The Labute approximate surface area is 123 Å². The standard InChI is InChI=1S/C15H18N4O2/c16-15(21)13-9-17-6-4-14(13)19-8-11(10-20)7-12-3-1-2-5-18-12/h1-6,9,11,20H,7-8,10H2,(H2,16,21)(H,17,19). The molecule has 1 amide bonds. The quantitative estimate of drug-likeness (QED) is 0.700. The average molecular weight is 286 g/mol. The molecule has 0 saturated carbocycles. The first-order valence-electron chi connectivity index (χ1n) is 6.69. The highest BCUT2D eigenvalue weighted by atomic mass is 16.3. The third kappa shape index (κ3) is 4.25. The molecule has 4 N–H and O–H groups in total. The molecule has 2 aromatic heterocycles. The van der Waals surface area contributed by atoms with E-state index in [1.165, 1.54) is 6.20 Å². The molecule has 6 heteroatoms. The highest BCUT2D eigenvalue weighted by Gasteiger charge is 2.12. The lowest BCUT2D eigenvalue weighted by molar-refractivity contribution is 0.100. The lowest BCUT2D eigenvalue weighted by Gasteiger charge is -2.16. The van der Waals surface area contributed by atoms with Crippen LogP contribution in [0.25, 0.3) is 0 Å². The Bertz CT molecular complexity index is 589. The van der Waals surface area contributed by atoms with E-state index in [4.69, 9.17) is 5.73 Å². The minimum atomic E-state index is -0.532. The normalized spacial score (nSPS) is 11.9. The summed E-state index contributed by atoms with van der Waals surface area (Å²) in [6, 6.07) is 7.38. The fraction of sp³-hybridized carbons (Fsp3) is 0.267. The Balaban J connectivity index is 1.99. The van der Waals surface area contributed by atoms with Gasteiger partial charge >= 0.3 is 0 Å². The number of nitrogens with one attached hydrogen (secondary N) is 1. The largest absolute Gasteiger partial charge is 0.396 e. The van der Waals surface area contributed by atoms with Gasteiger partial charge < -0.3 is 16.2 Å². The second kappa shape index (κ2) is 7.35. The summed E-state index contributed by atoms with van der Waals surface area (Å²) in [5.74, 6) is -0.537. The SMILES string of the molecule is NC(=O)c1cnccc1NCC(CO)Cc1ccccn1. The van der Waals surface area contributed by atoms with E-state index in [1.807, 2.05) is 18.2 Å². The van der Waals surface area contributed by atoms with E-state index < -0.39 is 5.91 Å². The fourth-order valence-electron chi connectivity index (χ4n) is 2.02. The number of anilines is 1. The van der Waals surface area contributed by atoms with Gasteiger partial charge in [-0.2, -0.15) is 0 Å². The van der Waals surface area contributed by atoms with Gasteiger partial charge in [0.05, 0.1) is 11.3 Å². The highest BCUT2D eigenvalue weighted by Crippen LogP contribution is 2.14. The van der Waals surface area contributed by atoms with Crippen LogP contribution in [0.4, 0.5) is 5.69 Å². The third-order valence-electron chi connectivity index (χ3n) is 3.15. The molecule has 2 aromatic rings. The second-order valence-corrected chi connectivity index (χ2v) is 4.74. The van der Waals surface area contributed by atoms with E-state index in [9.17, 15) is 9.90 Å². The molecule has 0 saturated heterocycles. The van der Waals surface area contributed by atoms with Gasteiger partial charge in [-0.15, -0.1) is 0 Å². The maximum atomic E-state index is 11.3. The summed E-state index contributed by atoms with van der Waals surface area (Å²) in [6.07, 6.45) is 5.39. The maximum absolute atomic E-state index is 11.3. The number of aliphatic hydroxyl groups is 1. The topological polar surface area (TPSA) is 101 Å². The monoisotopic (exact) mass is 286 g/mol. The number of hydrogen-bond donors (Lipinski definition) is 3. The fourth-order valence-corrected chi connectivity index (χ4v) is 2.02. The Morgan fingerprint density at radius 2 is 2.19 bits per heavy atom. The molecule has 2 heterocycles. The summed E-state index contributed by atoms with van der Waals surface area (Å²) in [6.45, 7) is 0.540. The number of pyridine rings is 2. The van der Waals surface area contributed by atoms with Gasteiger partial charge in [-0.1, -0.05) is 6.07 Å². The molecule has 0 fully saturated rings. The molecule has 2 rings (SSSR count). The van der Waals surface area contributed by atoms with Crippen molar-refractivity contribution in [1.29, 1.82) is 0 Å². The van der Waals surface area contributed by atoms with Crippen molar-refractivity contribution < 1.29 is 9.90 Å². The minimum absolute atomic E-state index is 0.00575. The molecule has 0 spiro atoms. The van der Waals surface area contributed by atoms with E-state index in [2.05, 4.69) is 15.3 Å². The Morgan fingerprint density at radius 1 is 1.33 bits per heavy atom. The van der Waals surface area contributed by atoms with E-state index in [-0.39, 0.29) is 12.5 Å². The molecule has 0 aliphatic rings. The molecular weight excluding hydrogens is 268 g/mol. The Hall–Kier alpha value is -2.47. The van der Waals surface area contributed by atoms with Gasteiger partial charge in [-0.25, -0.2) is 0 Å². The van der Waals surface area contributed by atoms with Gasteiger partial charge in [-0.3, -0.25) is 14.8 Å². The van der Waals surface area contributed by atoms with Crippen molar-refractivity contribution in [2.24, 2.45) is 11.7 Å². The van der Waals surface area contributed by atoms with Crippen LogP contribution in [-0.4, -0.2) is 34.1 Å². The van der Waals surface area contributed by atoms with Gasteiger partial charge in [0.15, 0.2) is 0 Å². The van der Waals surface area contributed by atoms with Crippen molar-refractivity contribution in [1.82, 2.24) is 9.97 Å². The van der Waals surface area contributed by atoms with E-state index in [0.29, 0.717) is 24.2 Å². The van der Waals surface area contributed by atoms with Crippen molar-refractivity contribution in [3.63, 3.8) is 0 Å². The first-order chi connectivity index (χ1) is 10.2. The molecule has 110 valence electrons. The van der Waals surface area contributed by atoms with Crippen molar-refractivity contribution in [2.45, 2.75) is 6.42 Å². The summed E-state index contributed by atoms with van der Waals surface area (Å²) >= 11 is 0. The van der Waals surface area contributed by atoms with Gasteiger partial charge in [0.1, 0.15) is 0 Å². The molecular formula is C15H18N4O2. The van der Waals surface area contributed by atoms with Crippen LogP contribution in [0.1, 0.15) is 16.1 Å². The van der Waals surface area contributed by atoms with Gasteiger partial charge in [-0.05, 0) is 24.6 Å². The first kappa shape index (κ1) is 14.9. The number of aliphatic hydroxyl groups excluding tert-OH is 1. The van der Waals surface area contributed by atoms with Crippen molar-refractivity contribution >= 4 is 11.6 Å². The number of nitrogens with zero attached hydrogens (tertiary/aromatic N) is 2. The number of carbonyl (C=O) groups is 1. The summed E-state index contributed by atoms with van der Waals surface area (Å²) in [5, 5.41) is 12.6. The van der Waals surface area contributed by atoms with Crippen LogP contribution < -0.4 is 11.1 Å². The Kier molecular flexibility index (Phi) is 5.22. The molecule has 0 aliphatic carbocycles. The first-order valence-corrected chi connectivity index (χ1v) is 6.69. The number of nitrogens with two attached hydrogens (primary N) is 1.